The average Bonchev–Trinajstić information content (AvgIpc) is 3.50. The number of carbonyl (C=O) groups excluding carboxylic acids is 2. The largest absolute Gasteiger partial charge is 0.416 e. The van der Waals surface area contributed by atoms with Crippen LogP contribution in [0, 0.1) is 0 Å². The summed E-state index contributed by atoms with van der Waals surface area (Å²) in [5.41, 5.74) is -2.46. The van der Waals surface area contributed by atoms with Gasteiger partial charge >= 0.3 is 12.4 Å². The number of aliphatic hydroxyl groups is 1. The molecule has 2 aliphatic heterocycles. The van der Waals surface area contributed by atoms with Gasteiger partial charge in [-0.2, -0.15) is 26.3 Å². The van der Waals surface area contributed by atoms with Crippen molar-refractivity contribution in [3.05, 3.63) is 104 Å². The van der Waals surface area contributed by atoms with Crippen molar-refractivity contribution in [2.75, 3.05) is 65.6 Å². The molecule has 2 amide bonds. The first-order valence-corrected chi connectivity index (χ1v) is 20.2. The normalized spacial score (nSPS) is 20.6. The number of piperidine rings is 1. The van der Waals surface area contributed by atoms with Crippen molar-refractivity contribution in [3.63, 3.8) is 0 Å². The molecular weight excluding hydrogens is 847 g/mol. The number of unbranched alkanes of at least 4 members (excludes halogenated alkanes) is 1. The minimum absolute atomic E-state index is 0. The highest BCUT2D eigenvalue weighted by Crippen LogP contribution is 2.48. The fourth-order valence-corrected chi connectivity index (χ4v) is 8.98. The summed E-state index contributed by atoms with van der Waals surface area (Å²) in [4.78, 5) is 32.3. The van der Waals surface area contributed by atoms with E-state index in [1.165, 1.54) is 16.0 Å². The van der Waals surface area contributed by atoms with Crippen LogP contribution in [-0.4, -0.2) is 103 Å². The Morgan fingerprint density at radius 1 is 0.932 bits per heavy atom. The molecular formula is C42H48Cl3F6N3O5. The first-order chi connectivity index (χ1) is 27.5. The second-order valence-corrected chi connectivity index (χ2v) is 16.1. The molecule has 1 N–H and O–H groups in total. The van der Waals surface area contributed by atoms with Crippen molar-refractivity contribution < 1.29 is 50.5 Å². The molecule has 2 heterocycles. The third kappa shape index (κ3) is 10.5. The van der Waals surface area contributed by atoms with Crippen LogP contribution in [0.15, 0.2) is 60.7 Å². The van der Waals surface area contributed by atoms with E-state index in [-0.39, 0.29) is 78.9 Å². The number of amides is 2. The fraction of sp³-hybridized carbons (Fsp3) is 0.524. The summed E-state index contributed by atoms with van der Waals surface area (Å²) < 4.78 is 95.2. The minimum Gasteiger partial charge on any atom is -0.396 e. The minimum atomic E-state index is -5.11. The number of nitrogens with zero attached hydrogens (tertiary/aromatic N) is 3. The number of rotatable bonds is 13. The third-order valence-corrected chi connectivity index (χ3v) is 12.6. The van der Waals surface area contributed by atoms with Gasteiger partial charge in [0, 0.05) is 43.8 Å². The number of ether oxygens (including phenoxy) is 2. The summed E-state index contributed by atoms with van der Waals surface area (Å²) >= 11 is 12.7. The Morgan fingerprint density at radius 3 is 2.24 bits per heavy atom. The second-order valence-electron chi connectivity index (χ2n) is 15.3. The number of benzene rings is 3. The molecule has 6 rings (SSSR count). The molecule has 3 aromatic carbocycles. The van der Waals surface area contributed by atoms with Crippen LogP contribution in [0.25, 0.3) is 0 Å². The lowest BCUT2D eigenvalue weighted by Gasteiger charge is -2.46. The van der Waals surface area contributed by atoms with Crippen LogP contribution in [0.5, 0.6) is 0 Å². The maximum absolute atomic E-state index is 13.8. The van der Waals surface area contributed by atoms with Gasteiger partial charge in [0.05, 0.1) is 40.4 Å². The summed E-state index contributed by atoms with van der Waals surface area (Å²) in [6.07, 6.45) is -6.66. The predicted molar refractivity (Wildman–Crippen MR) is 214 cm³/mol. The smallest absolute Gasteiger partial charge is 0.396 e. The van der Waals surface area contributed by atoms with Crippen LogP contribution in [0.3, 0.4) is 0 Å². The van der Waals surface area contributed by atoms with Crippen molar-refractivity contribution in [2.45, 2.75) is 74.9 Å². The van der Waals surface area contributed by atoms with Crippen LogP contribution in [0.2, 0.25) is 10.0 Å². The van der Waals surface area contributed by atoms with E-state index in [4.69, 9.17) is 32.7 Å². The van der Waals surface area contributed by atoms with Crippen LogP contribution < -0.4 is 0 Å². The number of carbonyl (C=O) groups is 2. The molecule has 0 unspecified atom stereocenters. The van der Waals surface area contributed by atoms with Gasteiger partial charge in [0.25, 0.3) is 5.91 Å². The molecule has 0 bridgehead atoms. The molecule has 59 heavy (non-hydrogen) atoms. The number of likely N-dealkylation sites (tertiary alicyclic amines) is 1. The second kappa shape index (κ2) is 19.3. The predicted octanol–water partition coefficient (Wildman–Crippen LogP) is 8.81. The Balaban J connectivity index is 0.00000661. The van der Waals surface area contributed by atoms with Crippen molar-refractivity contribution in [1.82, 2.24) is 14.7 Å². The third-order valence-electron chi connectivity index (χ3n) is 11.9. The maximum atomic E-state index is 13.8. The van der Waals surface area contributed by atoms with Crippen molar-refractivity contribution in [3.8, 4) is 0 Å². The summed E-state index contributed by atoms with van der Waals surface area (Å²) in [6.45, 7) is 4.58. The lowest BCUT2D eigenvalue weighted by atomic mass is 9.72. The van der Waals surface area contributed by atoms with Crippen LogP contribution >= 0.6 is 35.6 Å². The zero-order valence-corrected chi connectivity index (χ0v) is 34.8. The zero-order chi connectivity index (χ0) is 41.9. The number of fused-ring (bicyclic) bond motifs is 2. The highest BCUT2D eigenvalue weighted by molar-refractivity contribution is 6.42. The molecule has 8 nitrogen and oxygen atoms in total. The molecule has 0 aromatic heterocycles. The summed E-state index contributed by atoms with van der Waals surface area (Å²) in [6, 6.07) is 14.0. The number of aliphatic hydroxyl groups excluding tert-OH is 1. The van der Waals surface area contributed by atoms with Gasteiger partial charge in [0.15, 0.2) is 0 Å². The Labute approximate surface area is 356 Å². The fourth-order valence-electron chi connectivity index (χ4n) is 8.68. The van der Waals surface area contributed by atoms with Gasteiger partial charge in [-0.05, 0) is 106 Å². The summed E-state index contributed by atoms with van der Waals surface area (Å²) in [5.74, 6) is -1.08. The summed E-state index contributed by atoms with van der Waals surface area (Å²) in [7, 11) is 0. The first kappa shape index (κ1) is 46.9. The molecule has 3 aromatic rings. The van der Waals surface area contributed by atoms with Gasteiger partial charge in [-0.25, -0.2) is 0 Å². The molecule has 1 spiro atoms. The quantitative estimate of drug-likeness (QED) is 0.137. The Bertz CT molecular complexity index is 1910. The number of halogens is 9. The number of likely N-dealkylation sites (N-methyl/N-ethyl adjacent to an activating group) is 1. The maximum Gasteiger partial charge on any atom is 0.416 e. The van der Waals surface area contributed by atoms with E-state index < -0.39 is 40.6 Å². The number of morpholine rings is 1. The topological polar surface area (TPSA) is 82.5 Å². The molecule has 0 radical (unpaired) electrons. The molecule has 2 atom stereocenters. The van der Waals surface area contributed by atoms with E-state index in [9.17, 15) is 41.0 Å². The number of hydrogen-bond donors (Lipinski definition) is 1. The van der Waals surface area contributed by atoms with E-state index in [1.54, 1.807) is 23.1 Å². The van der Waals surface area contributed by atoms with Crippen molar-refractivity contribution >= 4 is 47.4 Å². The molecule has 3 aliphatic rings. The van der Waals surface area contributed by atoms with Gasteiger partial charge in [-0.3, -0.25) is 9.59 Å². The van der Waals surface area contributed by atoms with Gasteiger partial charge < -0.3 is 29.3 Å². The van der Waals surface area contributed by atoms with E-state index in [1.807, 2.05) is 19.1 Å². The van der Waals surface area contributed by atoms with Crippen molar-refractivity contribution in [1.29, 1.82) is 0 Å². The van der Waals surface area contributed by atoms with Crippen LogP contribution in [0.4, 0.5) is 26.3 Å². The SMILES string of the molecule is CCN(CCCCO)C(=O)CO[C@H]1Cc2ccccc2C12CCN(CC[C@]1(c3ccc(Cl)c(Cl)c3)CN(C(=O)c3cc(C(F)(F)F)cc(C(F)(F)F)c3)CCO1)CC2.Cl. The lowest BCUT2D eigenvalue weighted by molar-refractivity contribution is -0.143. The van der Waals surface area contributed by atoms with E-state index in [2.05, 4.69) is 17.0 Å². The first-order valence-electron chi connectivity index (χ1n) is 19.5. The molecule has 2 fully saturated rings. The monoisotopic (exact) mass is 893 g/mol. The van der Waals surface area contributed by atoms with Gasteiger partial charge in [0.1, 0.15) is 12.2 Å². The van der Waals surface area contributed by atoms with Gasteiger partial charge in [0.2, 0.25) is 5.91 Å². The number of hydrogen-bond acceptors (Lipinski definition) is 6. The molecule has 0 saturated carbocycles. The molecule has 17 heteroatoms. The average molecular weight is 895 g/mol. The lowest BCUT2D eigenvalue weighted by Crippen LogP contribution is -2.54. The standard InChI is InChI=1S/C42H47Cl2F6N3O5.ClH/c1-2-52(14-5-6-19-54)37(55)26-57-36-23-28-7-3-4-8-33(28)39(36)11-15-51(16-12-39)17-13-40(30-9-10-34(43)35(44)25-30)27-53(18-20-58-40)38(56)29-21-31(41(45,46)47)24-32(22-29)42(48,49)50;/h3-4,7-10,21-22,24-25,36,54H,2,5-6,11-20,23,26-27H2,1H3;1H/t36-,40+;/m0./s1. The Kier molecular flexibility index (Phi) is 15.4. The Hall–Kier alpha value is -3.11. The molecule has 324 valence electrons. The summed E-state index contributed by atoms with van der Waals surface area (Å²) in [5, 5.41) is 9.66. The molecule has 1 aliphatic carbocycles. The Morgan fingerprint density at radius 2 is 1.61 bits per heavy atom. The van der Waals surface area contributed by atoms with Gasteiger partial charge in [-0.1, -0.05) is 53.5 Å². The zero-order valence-electron chi connectivity index (χ0n) is 32.5. The van der Waals surface area contributed by atoms with E-state index in [0.717, 1.165) is 12.8 Å². The van der Waals surface area contributed by atoms with Gasteiger partial charge in [-0.15, -0.1) is 12.4 Å². The highest BCUT2D eigenvalue weighted by atomic mass is 35.5. The van der Waals surface area contributed by atoms with E-state index in [0.29, 0.717) is 76.1 Å². The van der Waals surface area contributed by atoms with Crippen LogP contribution in [-0.2, 0) is 44.1 Å². The van der Waals surface area contributed by atoms with Crippen molar-refractivity contribution in [2.24, 2.45) is 0 Å². The van der Waals surface area contributed by atoms with E-state index >= 15 is 0 Å². The number of alkyl halides is 6. The molecule has 2 saturated heterocycles. The highest BCUT2D eigenvalue weighted by Gasteiger charge is 2.50. The van der Waals surface area contributed by atoms with Crippen LogP contribution in [0.1, 0.15) is 77.2 Å².